The van der Waals surface area contributed by atoms with Crippen LogP contribution >= 0.6 is 27.3 Å². The topological polar surface area (TPSA) is 34.9 Å². The van der Waals surface area contributed by atoms with Gasteiger partial charge in [-0.05, 0) is 34.1 Å². The first-order valence-corrected chi connectivity index (χ1v) is 6.27. The lowest BCUT2D eigenvalue weighted by Crippen LogP contribution is -1.88. The van der Waals surface area contributed by atoms with Gasteiger partial charge in [0.2, 0.25) is 0 Å². The Morgan fingerprint density at radius 3 is 3.00 bits per heavy atom. The van der Waals surface area contributed by atoms with E-state index in [-0.39, 0.29) is 5.78 Å². The maximum absolute atomic E-state index is 11.7. The summed E-state index contributed by atoms with van der Waals surface area (Å²) in [6, 6.07) is 1.82. The van der Waals surface area contributed by atoms with E-state index in [1.807, 2.05) is 24.7 Å². The monoisotopic (exact) mass is 296 g/mol. The Kier molecular flexibility index (Phi) is 3.36. The molecule has 2 heterocycles. The average Bonchev–Trinajstić information content (AvgIpc) is 2.84. The zero-order valence-corrected chi connectivity index (χ0v) is 11.0. The highest BCUT2D eigenvalue weighted by Crippen LogP contribution is 2.20. The average molecular weight is 297 g/mol. The molecule has 0 unspecified atom stereocenters. The number of carbonyl (C=O) groups excluding carboxylic acids is 1. The van der Waals surface area contributed by atoms with Gasteiger partial charge in [-0.1, -0.05) is 0 Å². The zero-order chi connectivity index (χ0) is 11.5. The molecule has 0 fully saturated rings. The van der Waals surface area contributed by atoms with E-state index in [1.54, 1.807) is 23.0 Å². The van der Waals surface area contributed by atoms with Crippen LogP contribution in [-0.2, 0) is 7.05 Å². The van der Waals surface area contributed by atoms with Gasteiger partial charge in [-0.2, -0.15) is 5.10 Å². The molecule has 0 bridgehead atoms. The number of aromatic nitrogens is 2. The second kappa shape index (κ2) is 4.76. The predicted octanol–water partition coefficient (Wildman–Crippen LogP) is 3.14. The largest absolute Gasteiger partial charge is 0.288 e. The van der Waals surface area contributed by atoms with E-state index in [9.17, 15) is 4.79 Å². The van der Waals surface area contributed by atoms with Crippen LogP contribution < -0.4 is 0 Å². The third-order valence-electron chi connectivity index (χ3n) is 1.96. The maximum atomic E-state index is 11.7. The number of rotatable bonds is 3. The number of nitrogens with zero attached hydrogens (tertiary/aromatic N) is 2. The Hall–Kier alpha value is -1.20. The van der Waals surface area contributed by atoms with Crippen LogP contribution in [-0.4, -0.2) is 15.6 Å². The summed E-state index contributed by atoms with van der Waals surface area (Å²) in [5, 5.41) is 5.91. The van der Waals surface area contributed by atoms with Crippen LogP contribution in [0.1, 0.15) is 15.2 Å². The summed E-state index contributed by atoms with van der Waals surface area (Å²) in [5.74, 6) is 0.0135. The van der Waals surface area contributed by atoms with E-state index in [0.717, 1.165) is 14.9 Å². The van der Waals surface area contributed by atoms with Crippen LogP contribution in [0.3, 0.4) is 0 Å². The minimum atomic E-state index is 0.0135. The normalized spacial score (nSPS) is 11.1. The minimum absolute atomic E-state index is 0.0135. The molecular formula is C11H9BrN2OS. The molecule has 0 atom stereocenters. The molecule has 0 saturated carbocycles. The van der Waals surface area contributed by atoms with Crippen molar-refractivity contribution < 1.29 is 4.79 Å². The van der Waals surface area contributed by atoms with Crippen LogP contribution in [0.4, 0.5) is 0 Å². The van der Waals surface area contributed by atoms with Gasteiger partial charge in [0.25, 0.3) is 0 Å². The van der Waals surface area contributed by atoms with E-state index in [0.29, 0.717) is 0 Å². The first-order chi connectivity index (χ1) is 7.65. The summed E-state index contributed by atoms with van der Waals surface area (Å²) in [5.41, 5.74) is 0.923. The van der Waals surface area contributed by atoms with Crippen LogP contribution in [0.5, 0.6) is 0 Å². The SMILES string of the molecule is Cn1cc(/C=C/C(=O)c2cc(Br)cs2)cn1. The van der Waals surface area contributed by atoms with Gasteiger partial charge >= 0.3 is 0 Å². The van der Waals surface area contributed by atoms with Crippen molar-refractivity contribution in [3.63, 3.8) is 0 Å². The molecule has 82 valence electrons. The quantitative estimate of drug-likeness (QED) is 0.644. The lowest BCUT2D eigenvalue weighted by Gasteiger charge is -1.87. The maximum Gasteiger partial charge on any atom is 0.195 e. The highest BCUT2D eigenvalue weighted by atomic mass is 79.9. The number of thiophene rings is 1. The van der Waals surface area contributed by atoms with Gasteiger partial charge in [0.1, 0.15) is 0 Å². The molecule has 0 amide bonds. The fourth-order valence-corrected chi connectivity index (χ4v) is 2.57. The third kappa shape index (κ3) is 2.68. The number of aryl methyl sites for hydroxylation is 1. The molecule has 0 saturated heterocycles. The van der Waals surface area contributed by atoms with Gasteiger partial charge < -0.3 is 0 Å². The summed E-state index contributed by atoms with van der Waals surface area (Å²) in [7, 11) is 1.84. The van der Waals surface area contributed by atoms with Gasteiger partial charge in [-0.25, -0.2) is 0 Å². The van der Waals surface area contributed by atoms with Crippen molar-refractivity contribution in [1.82, 2.24) is 9.78 Å². The number of ketones is 1. The summed E-state index contributed by atoms with van der Waals surface area (Å²) < 4.78 is 2.64. The van der Waals surface area contributed by atoms with Crippen molar-refractivity contribution in [2.24, 2.45) is 7.05 Å². The molecule has 2 aromatic heterocycles. The Balaban J connectivity index is 2.10. The zero-order valence-electron chi connectivity index (χ0n) is 8.55. The molecule has 5 heteroatoms. The van der Waals surface area contributed by atoms with Crippen molar-refractivity contribution in [1.29, 1.82) is 0 Å². The fraction of sp³-hybridized carbons (Fsp3) is 0.0909. The van der Waals surface area contributed by atoms with Crippen LogP contribution in [0, 0.1) is 0 Å². The molecule has 3 nitrogen and oxygen atoms in total. The van der Waals surface area contributed by atoms with Gasteiger partial charge in [-0.15, -0.1) is 11.3 Å². The second-order valence-electron chi connectivity index (χ2n) is 3.27. The van der Waals surface area contributed by atoms with E-state index in [2.05, 4.69) is 21.0 Å². The number of halogens is 1. The van der Waals surface area contributed by atoms with Crippen LogP contribution in [0.2, 0.25) is 0 Å². The molecule has 2 aromatic rings. The molecular weight excluding hydrogens is 288 g/mol. The second-order valence-corrected chi connectivity index (χ2v) is 5.10. The Labute approximate surface area is 106 Å². The summed E-state index contributed by atoms with van der Waals surface area (Å²) >= 11 is 4.75. The number of hydrogen-bond donors (Lipinski definition) is 0. The van der Waals surface area contributed by atoms with Gasteiger partial charge in [0.05, 0.1) is 11.1 Å². The summed E-state index contributed by atoms with van der Waals surface area (Å²) in [6.45, 7) is 0. The van der Waals surface area contributed by atoms with E-state index < -0.39 is 0 Å². The molecule has 0 aromatic carbocycles. The van der Waals surface area contributed by atoms with E-state index in [1.165, 1.54) is 11.3 Å². The molecule has 0 aliphatic rings. The highest BCUT2D eigenvalue weighted by molar-refractivity contribution is 9.10. The molecule has 0 spiro atoms. The lowest BCUT2D eigenvalue weighted by atomic mass is 10.2. The smallest absolute Gasteiger partial charge is 0.195 e. The van der Waals surface area contributed by atoms with Crippen molar-refractivity contribution in [3.05, 3.63) is 44.8 Å². The standard InChI is InChI=1S/C11H9BrN2OS/c1-14-6-8(5-13-14)2-3-10(15)11-4-9(12)7-16-11/h2-7H,1H3/b3-2+. The first kappa shape index (κ1) is 11.3. The van der Waals surface area contributed by atoms with Crippen LogP contribution in [0.25, 0.3) is 6.08 Å². The van der Waals surface area contributed by atoms with Crippen molar-refractivity contribution in [3.8, 4) is 0 Å². The van der Waals surface area contributed by atoms with E-state index >= 15 is 0 Å². The molecule has 2 rings (SSSR count). The van der Waals surface area contributed by atoms with Crippen molar-refractivity contribution >= 4 is 39.1 Å². The Morgan fingerprint density at radius 1 is 1.62 bits per heavy atom. The minimum Gasteiger partial charge on any atom is -0.288 e. The fourth-order valence-electron chi connectivity index (χ4n) is 1.22. The Morgan fingerprint density at radius 2 is 2.44 bits per heavy atom. The Bertz CT molecular complexity index is 542. The van der Waals surface area contributed by atoms with E-state index in [4.69, 9.17) is 0 Å². The van der Waals surface area contributed by atoms with Crippen molar-refractivity contribution in [2.75, 3.05) is 0 Å². The highest BCUT2D eigenvalue weighted by Gasteiger charge is 2.04. The van der Waals surface area contributed by atoms with Gasteiger partial charge in [0, 0.05) is 28.7 Å². The molecule has 0 N–H and O–H groups in total. The van der Waals surface area contributed by atoms with Gasteiger partial charge in [0.15, 0.2) is 5.78 Å². The van der Waals surface area contributed by atoms with Crippen LogP contribution in [0.15, 0.2) is 34.4 Å². The van der Waals surface area contributed by atoms with Gasteiger partial charge in [-0.3, -0.25) is 9.48 Å². The molecule has 16 heavy (non-hydrogen) atoms. The summed E-state index contributed by atoms with van der Waals surface area (Å²) in [4.78, 5) is 12.4. The number of allylic oxidation sites excluding steroid dienone is 1. The lowest BCUT2D eigenvalue weighted by molar-refractivity contribution is 0.105. The predicted molar refractivity (Wildman–Crippen MR) is 68.6 cm³/mol. The van der Waals surface area contributed by atoms with Crippen molar-refractivity contribution in [2.45, 2.75) is 0 Å². The molecule has 0 aliphatic carbocycles. The third-order valence-corrected chi connectivity index (χ3v) is 3.67. The number of carbonyl (C=O) groups is 1. The molecule has 0 aliphatic heterocycles. The molecule has 0 radical (unpaired) electrons. The number of hydrogen-bond acceptors (Lipinski definition) is 3. The first-order valence-electron chi connectivity index (χ1n) is 4.60. The summed E-state index contributed by atoms with van der Waals surface area (Å²) in [6.07, 6.45) is 6.90.